The van der Waals surface area contributed by atoms with Crippen molar-refractivity contribution in [2.75, 3.05) is 26.4 Å². The van der Waals surface area contributed by atoms with Crippen molar-refractivity contribution in [1.29, 1.82) is 0 Å². The van der Waals surface area contributed by atoms with Gasteiger partial charge >= 0.3 is 36.5 Å². The molecule has 0 rings (SSSR count). The molecule has 30 heavy (non-hydrogen) atoms. The van der Waals surface area contributed by atoms with Crippen molar-refractivity contribution in [3.05, 3.63) is 0 Å². The molecule has 0 spiro atoms. The minimum atomic E-state index is -1.74. The summed E-state index contributed by atoms with van der Waals surface area (Å²) >= 11 is 0. The zero-order valence-corrected chi connectivity index (χ0v) is 18.9. The van der Waals surface area contributed by atoms with Gasteiger partial charge in [0.2, 0.25) is 0 Å². The van der Waals surface area contributed by atoms with E-state index in [1.54, 1.807) is 0 Å². The molecule has 0 saturated heterocycles. The van der Waals surface area contributed by atoms with Crippen LogP contribution in [0, 0.1) is 0 Å². The van der Waals surface area contributed by atoms with Gasteiger partial charge in [-0.25, -0.2) is 0 Å². The number of rotatable bonds is 8. The van der Waals surface area contributed by atoms with Gasteiger partial charge in [0.1, 0.15) is 24.4 Å². The number of hydrogen-bond donors (Lipinski definition) is 8. The maximum Gasteiger partial charge on any atom is 2.00 e. The van der Waals surface area contributed by atoms with E-state index in [0.29, 0.717) is 0 Å². The van der Waals surface area contributed by atoms with Crippen molar-refractivity contribution in [2.45, 2.75) is 24.4 Å². The first-order valence-electron chi connectivity index (χ1n) is 6.72. The monoisotopic (exact) mass is 547 g/mol. The zero-order chi connectivity index (χ0) is 23.4. The molecule has 0 bridgehead atoms. The Morgan fingerprint density at radius 2 is 0.600 bits per heavy atom. The molecule has 0 aromatic heterocycles. The van der Waals surface area contributed by atoms with Gasteiger partial charge in [-0.1, -0.05) is 0 Å². The van der Waals surface area contributed by atoms with Crippen LogP contribution in [0.4, 0.5) is 0 Å². The van der Waals surface area contributed by atoms with Crippen molar-refractivity contribution in [3.8, 4) is 0 Å². The fourth-order valence-electron chi connectivity index (χ4n) is 0.298. The van der Waals surface area contributed by atoms with Crippen LogP contribution in [-0.2, 0) is 55.7 Å². The van der Waals surface area contributed by atoms with Gasteiger partial charge in [-0.05, 0) is 0 Å². The Bertz CT molecular complexity index is 370. The molecule has 4 atom stereocenters. The summed E-state index contributed by atoms with van der Waals surface area (Å²) in [7, 11) is 0. The van der Waals surface area contributed by atoms with Gasteiger partial charge in [0.05, 0.1) is 50.3 Å². The van der Waals surface area contributed by atoms with Crippen molar-refractivity contribution in [3.63, 3.8) is 0 Å². The zero-order valence-electron chi connectivity index (χ0n) is 15.0. The summed E-state index contributed by atoms with van der Waals surface area (Å²) in [5.41, 5.74) is 0. The Kier molecular flexibility index (Phi) is 39.5. The van der Waals surface area contributed by atoms with Crippen LogP contribution in [0.25, 0.3) is 0 Å². The topological polar surface area (TPSA) is 322 Å². The van der Waals surface area contributed by atoms with E-state index in [0.717, 1.165) is 0 Å². The van der Waals surface area contributed by atoms with Gasteiger partial charge < -0.3 is 80.5 Å². The van der Waals surface area contributed by atoms with Crippen molar-refractivity contribution < 1.29 is 117 Å². The Balaban J connectivity index is -0.0000000626. The summed E-state index contributed by atoms with van der Waals surface area (Å²) in [6, 6.07) is 0. The van der Waals surface area contributed by atoms with Crippen LogP contribution < -0.4 is 20.4 Å². The van der Waals surface area contributed by atoms with E-state index < -0.39 is 74.7 Å². The van der Waals surface area contributed by atoms with Crippen LogP contribution in [0.2, 0.25) is 0 Å². The van der Waals surface area contributed by atoms with Gasteiger partial charge in [0.15, 0.2) is 0 Å². The van der Waals surface area contributed by atoms with E-state index >= 15 is 0 Å². The summed E-state index contributed by atoms with van der Waals surface area (Å²) in [6.45, 7) is -3.16. The molecule has 0 aliphatic carbocycles. The van der Waals surface area contributed by atoms with Crippen molar-refractivity contribution in [1.82, 2.24) is 0 Å². The second-order valence-corrected chi connectivity index (χ2v) is 4.07. The number of aliphatic hydroxyl groups is 8. The Hall–Kier alpha value is -1.30. The maximum absolute atomic E-state index is 9.41. The fraction of sp³-hybridized carbons (Fsp3) is 0.667. The molecule has 0 aliphatic rings. The number of carbonyl (C=O) groups excluding carboxylic acids is 4. The molecule has 8 N–H and O–H groups in total. The van der Waals surface area contributed by atoms with Crippen LogP contribution >= 0.6 is 0 Å². The minimum Gasteiger partial charge on any atom is -0.547 e. The summed E-state index contributed by atoms with van der Waals surface area (Å²) in [5, 5.41) is 101. The van der Waals surface area contributed by atoms with Crippen LogP contribution in [0.15, 0.2) is 0 Å². The molecule has 0 saturated carbocycles. The van der Waals surface area contributed by atoms with Crippen LogP contribution in [0.3, 0.4) is 0 Å². The molecule has 0 aromatic carbocycles. The summed E-state index contributed by atoms with van der Waals surface area (Å²) in [5.74, 6) is -6.60. The third-order valence-electron chi connectivity index (χ3n) is 1.78. The molecule has 0 fully saturated rings. The summed E-state index contributed by atoms with van der Waals surface area (Å²) in [6.07, 6.45) is -6.94. The van der Waals surface area contributed by atoms with Crippen LogP contribution in [-0.4, -0.2) is 116 Å². The maximum atomic E-state index is 9.41. The average molecular weight is 549 g/mol. The van der Waals surface area contributed by atoms with Gasteiger partial charge in [-0.2, -0.15) is 0 Å². The first-order valence-corrected chi connectivity index (χ1v) is 6.72. The quantitative estimate of drug-likeness (QED) is 0.130. The van der Waals surface area contributed by atoms with E-state index in [9.17, 15) is 39.6 Å². The van der Waals surface area contributed by atoms with Gasteiger partial charge in [0.25, 0.3) is 0 Å². The Labute approximate surface area is 191 Å². The number of carboxylic acids is 4. The summed E-state index contributed by atoms with van der Waals surface area (Å²) in [4.78, 5) is 37.6. The molecular weight excluding hydrogens is 529 g/mol. The van der Waals surface area contributed by atoms with Crippen molar-refractivity contribution in [2.24, 2.45) is 0 Å². The third-order valence-corrected chi connectivity index (χ3v) is 1.78. The standard InChI is InChI=1S/4C3H6O4.Cu.Zn/c4*4-1-2(5)3(6)7;;/h4*2,4-5H,1H2,(H,6,7);;/q;;;;2*+2/p-4. The van der Waals surface area contributed by atoms with Gasteiger partial charge in [-0.3, -0.25) is 0 Å². The number of carboxylic acid groups (broad SMARTS) is 4. The first kappa shape index (κ1) is 42.7. The normalized spacial score (nSPS) is 12.5. The predicted molar refractivity (Wildman–Crippen MR) is 72.4 cm³/mol. The largest absolute Gasteiger partial charge is 2.00 e. The molecule has 16 nitrogen and oxygen atoms in total. The molecule has 0 heterocycles. The third kappa shape index (κ3) is 34.2. The molecule has 18 heteroatoms. The van der Waals surface area contributed by atoms with Crippen LogP contribution in [0.1, 0.15) is 0 Å². The molecule has 0 aliphatic heterocycles. The van der Waals surface area contributed by atoms with Crippen LogP contribution in [0.5, 0.6) is 0 Å². The second kappa shape index (κ2) is 27.7. The van der Waals surface area contributed by atoms with E-state index in [1.807, 2.05) is 0 Å². The van der Waals surface area contributed by atoms with E-state index in [2.05, 4.69) is 0 Å². The van der Waals surface area contributed by atoms with Crippen molar-refractivity contribution >= 4 is 23.9 Å². The Morgan fingerprint density at radius 3 is 0.600 bits per heavy atom. The van der Waals surface area contributed by atoms with E-state index in [-0.39, 0.29) is 36.5 Å². The number of aliphatic carboxylic acids is 4. The molecule has 1 radical (unpaired) electrons. The number of hydrogen-bond acceptors (Lipinski definition) is 16. The minimum absolute atomic E-state index is 0. The smallest absolute Gasteiger partial charge is 0.547 e. The average Bonchev–Trinajstić information content (AvgIpc) is 2.66. The number of carbonyl (C=O) groups is 4. The van der Waals surface area contributed by atoms with Gasteiger partial charge in [0, 0.05) is 0 Å². The predicted octanol–water partition coefficient (Wildman–Crippen LogP) is -11.6. The number of aliphatic hydroxyl groups excluding tert-OH is 8. The SMILES string of the molecule is O=C([O-])C(O)CO.O=C([O-])C(O)CO.O=C([O-])C(O)CO.O=C([O-])C(O)CO.[Cu+2].[Zn+2]. The summed E-state index contributed by atoms with van der Waals surface area (Å²) < 4.78 is 0. The molecule has 0 amide bonds. The fourth-order valence-corrected chi connectivity index (χ4v) is 0.298. The second-order valence-electron chi connectivity index (χ2n) is 4.07. The molecule has 0 aromatic rings. The molecular formula is C12H20CuO16Zn. The van der Waals surface area contributed by atoms with Gasteiger partial charge in [-0.15, -0.1) is 0 Å². The van der Waals surface area contributed by atoms with E-state index in [4.69, 9.17) is 40.9 Å². The molecule has 177 valence electrons. The van der Waals surface area contributed by atoms with E-state index in [1.165, 1.54) is 0 Å². The first-order chi connectivity index (χ1) is 12.7. The molecule has 4 unspecified atom stereocenters. The Morgan fingerprint density at radius 1 is 0.500 bits per heavy atom.